The van der Waals surface area contributed by atoms with Crippen LogP contribution in [0.25, 0.3) is 0 Å². The second-order valence-corrected chi connectivity index (χ2v) is 10.4. The molecule has 10 atom stereocenters. The van der Waals surface area contributed by atoms with Gasteiger partial charge in [-0.1, -0.05) is 6.42 Å². The molecule has 2 heterocycles. The van der Waals surface area contributed by atoms with Gasteiger partial charge in [-0.05, 0) is 72.0 Å². The van der Waals surface area contributed by atoms with Crippen molar-refractivity contribution in [3.8, 4) is 0 Å². The number of unbranched alkanes of at least 4 members (excludes halogenated alkanes) is 2. The van der Waals surface area contributed by atoms with Gasteiger partial charge in [0.25, 0.3) is 0 Å². The number of Topliss-reactive ketones (excluding diaryl/α,β-unsaturated/α-hetero) is 1. The number of aliphatic hydroxyl groups excluding tert-OH is 7. The van der Waals surface area contributed by atoms with Crippen LogP contribution in [0.2, 0.25) is 0 Å². The second-order valence-electron chi connectivity index (χ2n) is 10.4. The fourth-order valence-corrected chi connectivity index (χ4v) is 5.05. The predicted molar refractivity (Wildman–Crippen MR) is 130 cm³/mol. The zero-order chi connectivity index (χ0) is 26.8. The van der Waals surface area contributed by atoms with E-state index in [0.717, 1.165) is 25.8 Å². The number of hydrogen-bond donors (Lipinski definition) is 7. The minimum absolute atomic E-state index is 0.180. The van der Waals surface area contributed by atoms with E-state index < -0.39 is 67.6 Å². The first-order chi connectivity index (χ1) is 17.1. The van der Waals surface area contributed by atoms with E-state index in [0.29, 0.717) is 45.2 Å². The summed E-state index contributed by atoms with van der Waals surface area (Å²) in [5, 5.41) is 69.8. The molecule has 2 fully saturated rings. The largest absolute Gasteiger partial charge is 0.394 e. The molecule has 2 rings (SSSR count). The summed E-state index contributed by atoms with van der Waals surface area (Å²) in [4.78, 5) is 13.4. The highest BCUT2D eigenvalue weighted by molar-refractivity contribution is 5.75. The van der Waals surface area contributed by atoms with Gasteiger partial charge in [0.15, 0.2) is 0 Å². The van der Waals surface area contributed by atoms with E-state index >= 15 is 0 Å². The average molecular weight is 522 g/mol. The Bertz CT molecular complexity index is 638. The number of nitrogens with zero attached hydrogens (tertiary/aromatic N) is 1. The Balaban J connectivity index is 1.84. The molecule has 36 heavy (non-hydrogen) atoms. The van der Waals surface area contributed by atoms with Crippen molar-refractivity contribution in [3.05, 3.63) is 0 Å². The molecule has 2 aliphatic heterocycles. The predicted octanol–water partition coefficient (Wildman–Crippen LogP) is -1.29. The first-order valence-corrected chi connectivity index (χ1v) is 13.3. The highest BCUT2D eigenvalue weighted by atomic mass is 16.5. The van der Waals surface area contributed by atoms with Gasteiger partial charge in [0.05, 0.1) is 24.9 Å². The quantitative estimate of drug-likeness (QED) is 0.127. The lowest BCUT2D eigenvalue weighted by Gasteiger charge is -2.40. The van der Waals surface area contributed by atoms with Crippen LogP contribution in [-0.4, -0.2) is 134 Å². The van der Waals surface area contributed by atoms with Crippen molar-refractivity contribution in [3.63, 3.8) is 0 Å². The molecule has 0 bridgehead atoms. The van der Waals surface area contributed by atoms with Crippen molar-refractivity contribution in [2.24, 2.45) is 0 Å². The van der Waals surface area contributed by atoms with Crippen molar-refractivity contribution in [2.75, 3.05) is 26.2 Å². The van der Waals surface area contributed by atoms with Gasteiger partial charge in [0.2, 0.25) is 0 Å². The number of carbonyl (C=O) groups excluding carboxylic acids is 1. The number of ketones is 1. The molecule has 7 N–H and O–H groups in total. The minimum atomic E-state index is -1.38. The van der Waals surface area contributed by atoms with E-state index in [4.69, 9.17) is 9.47 Å². The van der Waals surface area contributed by atoms with Gasteiger partial charge in [0, 0.05) is 6.42 Å². The number of carbonyl (C=O) groups is 1. The lowest BCUT2D eigenvalue weighted by molar-refractivity contribution is -0.230. The van der Waals surface area contributed by atoms with Crippen LogP contribution in [0.15, 0.2) is 0 Å². The zero-order valence-corrected chi connectivity index (χ0v) is 21.6. The third-order valence-corrected chi connectivity index (χ3v) is 7.37. The smallest absolute Gasteiger partial charge is 0.129 e. The number of hydrogen-bond acceptors (Lipinski definition) is 11. The van der Waals surface area contributed by atoms with Crippen LogP contribution in [-0.2, 0) is 14.3 Å². The molecule has 0 aliphatic carbocycles. The van der Waals surface area contributed by atoms with Crippen molar-refractivity contribution < 1.29 is 50.0 Å². The first kappa shape index (κ1) is 31.5. The number of ether oxygens (including phenoxy) is 2. The summed E-state index contributed by atoms with van der Waals surface area (Å²) in [6.45, 7) is 5.00. The van der Waals surface area contributed by atoms with Crippen LogP contribution in [0.1, 0.15) is 65.2 Å². The maximum Gasteiger partial charge on any atom is 0.129 e. The fourth-order valence-electron chi connectivity index (χ4n) is 5.05. The molecule has 0 radical (unpaired) electrons. The molecular weight excluding hydrogens is 474 g/mol. The monoisotopic (exact) mass is 521 g/mol. The Morgan fingerprint density at radius 1 is 0.667 bits per heavy atom. The second kappa shape index (κ2) is 15.6. The van der Waals surface area contributed by atoms with Crippen LogP contribution < -0.4 is 0 Å². The van der Waals surface area contributed by atoms with E-state index in [1.807, 2.05) is 0 Å². The van der Waals surface area contributed by atoms with Crippen LogP contribution in [0.5, 0.6) is 0 Å². The van der Waals surface area contributed by atoms with E-state index in [1.165, 1.54) is 0 Å². The maximum absolute atomic E-state index is 11.2. The third kappa shape index (κ3) is 9.23. The summed E-state index contributed by atoms with van der Waals surface area (Å²) >= 11 is 0. The van der Waals surface area contributed by atoms with Gasteiger partial charge in [-0.25, -0.2) is 0 Å². The first-order valence-electron chi connectivity index (χ1n) is 13.3. The molecule has 2 saturated heterocycles. The SMILES string of the molecule is CC(=O)CCCCCN(CCC[C@@H]1O[C@H](CO)[C@@H](O)[C@H](O)[C@H]1O)CCC[C@@H]1O[C@@H](C)[C@@H](O)[C@@H](O)[C@@H]1O. The lowest BCUT2D eigenvalue weighted by Crippen LogP contribution is -2.58. The summed E-state index contributed by atoms with van der Waals surface area (Å²) < 4.78 is 11.3. The highest BCUT2D eigenvalue weighted by Gasteiger charge is 2.43. The normalized spacial score (nSPS) is 37.4. The summed E-state index contributed by atoms with van der Waals surface area (Å²) in [6, 6.07) is 0. The molecule has 0 saturated carbocycles. The Labute approximate surface area is 213 Å². The molecule has 212 valence electrons. The topological polar surface area (TPSA) is 180 Å². The molecule has 0 aromatic rings. The minimum Gasteiger partial charge on any atom is -0.394 e. The standard InChI is InChI=1S/C25H47NO10/c1-15(28)8-4-3-5-11-26(12-6-9-17-21(30)24(33)20(29)16(2)35-17)13-7-10-18-22(31)25(34)23(32)19(14-27)36-18/h16-25,27,29-34H,3-14H2,1-2H3/t16-,17-,18-,19+,20+,21+,22-,23+,24+,25+/m0/s1. The average Bonchev–Trinajstić information content (AvgIpc) is 2.84. The van der Waals surface area contributed by atoms with Gasteiger partial charge in [-0.15, -0.1) is 0 Å². The van der Waals surface area contributed by atoms with Crippen LogP contribution in [0.4, 0.5) is 0 Å². The summed E-state index contributed by atoms with van der Waals surface area (Å²) in [5.74, 6) is 0.180. The van der Waals surface area contributed by atoms with Crippen molar-refractivity contribution in [1.82, 2.24) is 4.90 Å². The Morgan fingerprint density at radius 3 is 1.72 bits per heavy atom. The molecule has 0 unspecified atom stereocenters. The van der Waals surface area contributed by atoms with Crippen LogP contribution >= 0.6 is 0 Å². The molecule has 11 heteroatoms. The highest BCUT2D eigenvalue weighted by Crippen LogP contribution is 2.25. The van der Waals surface area contributed by atoms with Gasteiger partial charge in [-0.3, -0.25) is 0 Å². The molecule has 0 amide bonds. The molecule has 0 aromatic heterocycles. The van der Waals surface area contributed by atoms with Gasteiger partial charge in [0.1, 0.15) is 48.5 Å². The Hall–Kier alpha value is -0.730. The zero-order valence-electron chi connectivity index (χ0n) is 21.6. The summed E-state index contributed by atoms with van der Waals surface area (Å²) in [7, 11) is 0. The van der Waals surface area contributed by atoms with Gasteiger partial charge < -0.3 is 54.9 Å². The third-order valence-electron chi connectivity index (χ3n) is 7.37. The van der Waals surface area contributed by atoms with E-state index in [9.17, 15) is 40.5 Å². The molecule has 2 aliphatic rings. The lowest BCUT2D eigenvalue weighted by atomic mass is 9.92. The molecule has 0 aromatic carbocycles. The van der Waals surface area contributed by atoms with Gasteiger partial charge in [-0.2, -0.15) is 0 Å². The van der Waals surface area contributed by atoms with E-state index in [2.05, 4.69) is 4.90 Å². The molecular formula is C25H47NO10. The summed E-state index contributed by atoms with van der Waals surface area (Å²) in [5.41, 5.74) is 0. The maximum atomic E-state index is 11.2. The van der Waals surface area contributed by atoms with Crippen LogP contribution in [0, 0.1) is 0 Å². The van der Waals surface area contributed by atoms with Crippen molar-refractivity contribution >= 4 is 5.78 Å². The number of rotatable bonds is 15. The Kier molecular flexibility index (Phi) is 13.7. The Morgan fingerprint density at radius 2 is 1.17 bits per heavy atom. The van der Waals surface area contributed by atoms with E-state index in [-0.39, 0.29) is 5.78 Å². The van der Waals surface area contributed by atoms with E-state index in [1.54, 1.807) is 13.8 Å². The van der Waals surface area contributed by atoms with Gasteiger partial charge >= 0.3 is 0 Å². The molecule has 11 nitrogen and oxygen atoms in total. The fraction of sp³-hybridized carbons (Fsp3) is 0.960. The number of aliphatic hydroxyl groups is 7. The van der Waals surface area contributed by atoms with Crippen molar-refractivity contribution in [2.45, 2.75) is 126 Å². The molecule has 0 spiro atoms. The van der Waals surface area contributed by atoms with Crippen LogP contribution in [0.3, 0.4) is 0 Å². The summed E-state index contributed by atoms with van der Waals surface area (Å²) in [6.07, 6.45) is -4.68. The van der Waals surface area contributed by atoms with Crippen molar-refractivity contribution in [1.29, 1.82) is 0 Å².